The summed E-state index contributed by atoms with van der Waals surface area (Å²) in [5.74, 6) is -0.0502. The molecule has 1 aromatic carbocycles. The number of hydrogen-bond donors (Lipinski definition) is 3. The van der Waals surface area contributed by atoms with Gasteiger partial charge in [0.05, 0.1) is 0 Å². The van der Waals surface area contributed by atoms with Crippen molar-refractivity contribution in [1.82, 2.24) is 10.6 Å². The van der Waals surface area contributed by atoms with Crippen LogP contribution >= 0.6 is 11.8 Å². The van der Waals surface area contributed by atoms with Crippen LogP contribution in [0.4, 0.5) is 9.18 Å². The zero-order chi connectivity index (χ0) is 15.0. The number of carbonyl (C=O) groups is 2. The zero-order valence-corrected chi connectivity index (χ0v) is 11.9. The molecule has 0 spiro atoms. The minimum atomic E-state index is -1.23. The largest absolute Gasteiger partial charge is 0.465 e. The fraction of sp³-hybridized carbons (Fsp3) is 0.385. The first-order chi connectivity index (χ1) is 9.52. The molecule has 2 amide bonds. The molecule has 5 nitrogen and oxygen atoms in total. The number of rotatable bonds is 7. The van der Waals surface area contributed by atoms with Crippen molar-refractivity contribution in [3.05, 3.63) is 35.6 Å². The molecule has 0 bridgehead atoms. The third kappa shape index (κ3) is 5.92. The van der Waals surface area contributed by atoms with Crippen LogP contribution in [0.3, 0.4) is 0 Å². The van der Waals surface area contributed by atoms with E-state index in [4.69, 9.17) is 5.11 Å². The third-order valence-electron chi connectivity index (χ3n) is 2.60. The Hall–Kier alpha value is -1.76. The molecule has 0 aliphatic heterocycles. The van der Waals surface area contributed by atoms with E-state index >= 15 is 0 Å². The Kier molecular flexibility index (Phi) is 6.86. The number of hydrogen-bond acceptors (Lipinski definition) is 3. The summed E-state index contributed by atoms with van der Waals surface area (Å²) in [5, 5.41) is 13.5. The quantitative estimate of drug-likeness (QED) is 0.718. The molecule has 0 unspecified atom stereocenters. The van der Waals surface area contributed by atoms with E-state index in [1.54, 1.807) is 12.1 Å². The van der Waals surface area contributed by atoms with Crippen molar-refractivity contribution >= 4 is 23.8 Å². The number of halogens is 1. The van der Waals surface area contributed by atoms with Crippen LogP contribution < -0.4 is 10.6 Å². The highest BCUT2D eigenvalue weighted by Gasteiger charge is 2.19. The average Bonchev–Trinajstić information content (AvgIpc) is 2.42. The average molecular weight is 300 g/mol. The number of nitrogens with one attached hydrogen (secondary N) is 2. The Morgan fingerprint density at radius 2 is 2.00 bits per heavy atom. The van der Waals surface area contributed by atoms with Crippen LogP contribution in [0.1, 0.15) is 12.0 Å². The van der Waals surface area contributed by atoms with E-state index in [0.717, 1.165) is 5.56 Å². The monoisotopic (exact) mass is 300 g/mol. The molecule has 1 atom stereocenters. The SMILES string of the molecule is CSCC[C@H](NC(=O)O)C(=O)NCc1ccc(F)cc1. The summed E-state index contributed by atoms with van der Waals surface area (Å²) in [6.45, 7) is 0.232. The van der Waals surface area contributed by atoms with Crippen molar-refractivity contribution in [3.8, 4) is 0 Å². The lowest BCUT2D eigenvalue weighted by molar-refractivity contribution is -0.123. The van der Waals surface area contributed by atoms with E-state index in [2.05, 4.69) is 10.6 Å². The van der Waals surface area contributed by atoms with Crippen LogP contribution in [0.2, 0.25) is 0 Å². The van der Waals surface area contributed by atoms with Gasteiger partial charge in [0.2, 0.25) is 5.91 Å². The summed E-state index contributed by atoms with van der Waals surface area (Å²) >= 11 is 1.54. The molecule has 20 heavy (non-hydrogen) atoms. The van der Waals surface area contributed by atoms with E-state index in [9.17, 15) is 14.0 Å². The van der Waals surface area contributed by atoms with Crippen molar-refractivity contribution < 1.29 is 19.1 Å². The lowest BCUT2D eigenvalue weighted by atomic mass is 10.2. The maximum Gasteiger partial charge on any atom is 0.405 e. The minimum absolute atomic E-state index is 0.232. The predicted octanol–water partition coefficient (Wildman–Crippen LogP) is 1.83. The van der Waals surface area contributed by atoms with E-state index in [-0.39, 0.29) is 18.3 Å². The van der Waals surface area contributed by atoms with Gasteiger partial charge in [-0.15, -0.1) is 0 Å². The predicted molar refractivity (Wildman–Crippen MR) is 76.2 cm³/mol. The van der Waals surface area contributed by atoms with Crippen molar-refractivity contribution in [2.24, 2.45) is 0 Å². The molecular weight excluding hydrogens is 283 g/mol. The number of benzene rings is 1. The van der Waals surface area contributed by atoms with Gasteiger partial charge in [0.25, 0.3) is 0 Å². The maximum atomic E-state index is 12.7. The van der Waals surface area contributed by atoms with Crippen molar-refractivity contribution in [3.63, 3.8) is 0 Å². The van der Waals surface area contributed by atoms with Crippen LogP contribution in [0, 0.1) is 5.82 Å². The molecule has 0 fully saturated rings. The molecule has 1 rings (SSSR count). The molecule has 110 valence electrons. The summed E-state index contributed by atoms with van der Waals surface area (Å²) in [6.07, 6.45) is 1.07. The first-order valence-corrected chi connectivity index (χ1v) is 7.43. The standard InChI is InChI=1S/C13H17FN2O3S/c1-20-7-6-11(16-13(18)19)12(17)15-8-9-2-4-10(14)5-3-9/h2-5,11,16H,6-8H2,1H3,(H,15,17)(H,18,19)/t11-/m0/s1. The van der Waals surface area contributed by atoms with E-state index in [1.165, 1.54) is 23.9 Å². The van der Waals surface area contributed by atoms with Crippen LogP contribution in [-0.2, 0) is 11.3 Å². The van der Waals surface area contributed by atoms with Crippen molar-refractivity contribution in [2.45, 2.75) is 19.0 Å². The van der Waals surface area contributed by atoms with Gasteiger partial charge in [0, 0.05) is 6.54 Å². The first-order valence-electron chi connectivity index (χ1n) is 6.03. The van der Waals surface area contributed by atoms with Gasteiger partial charge in [0.1, 0.15) is 11.9 Å². The molecule has 0 radical (unpaired) electrons. The molecule has 0 saturated carbocycles. The summed E-state index contributed by atoms with van der Waals surface area (Å²) < 4.78 is 12.7. The fourth-order valence-corrected chi connectivity index (χ4v) is 2.04. The summed E-state index contributed by atoms with van der Waals surface area (Å²) in [6, 6.07) is 4.97. The zero-order valence-electron chi connectivity index (χ0n) is 11.1. The maximum absolute atomic E-state index is 12.7. The summed E-state index contributed by atoms with van der Waals surface area (Å²) in [7, 11) is 0. The lowest BCUT2D eigenvalue weighted by Gasteiger charge is -2.16. The van der Waals surface area contributed by atoms with E-state index in [0.29, 0.717) is 12.2 Å². The number of carbonyl (C=O) groups excluding carboxylic acids is 1. The molecular formula is C13H17FN2O3S. The third-order valence-corrected chi connectivity index (χ3v) is 3.25. The summed E-state index contributed by atoms with van der Waals surface area (Å²) in [5.41, 5.74) is 0.749. The molecule has 0 aliphatic rings. The fourth-order valence-electron chi connectivity index (χ4n) is 1.57. The molecule has 1 aromatic rings. The van der Waals surface area contributed by atoms with Gasteiger partial charge >= 0.3 is 6.09 Å². The van der Waals surface area contributed by atoms with E-state index < -0.39 is 12.1 Å². The highest BCUT2D eigenvalue weighted by molar-refractivity contribution is 7.98. The molecule has 0 heterocycles. The smallest absolute Gasteiger partial charge is 0.405 e. The Balaban J connectivity index is 2.51. The summed E-state index contributed by atoms with van der Waals surface area (Å²) in [4.78, 5) is 22.6. The van der Waals surface area contributed by atoms with Crippen LogP contribution in [0.5, 0.6) is 0 Å². The second-order valence-electron chi connectivity index (χ2n) is 4.13. The Morgan fingerprint density at radius 3 is 2.55 bits per heavy atom. The topological polar surface area (TPSA) is 78.4 Å². The van der Waals surface area contributed by atoms with Gasteiger partial charge in [-0.2, -0.15) is 11.8 Å². The Bertz CT molecular complexity index is 453. The molecule has 0 aromatic heterocycles. The van der Waals surface area contributed by atoms with Crippen molar-refractivity contribution in [2.75, 3.05) is 12.0 Å². The minimum Gasteiger partial charge on any atom is -0.465 e. The normalized spacial score (nSPS) is 11.7. The number of carboxylic acid groups (broad SMARTS) is 1. The van der Waals surface area contributed by atoms with Crippen LogP contribution in [0.25, 0.3) is 0 Å². The lowest BCUT2D eigenvalue weighted by Crippen LogP contribution is -2.46. The van der Waals surface area contributed by atoms with Gasteiger partial charge in [0.15, 0.2) is 0 Å². The van der Waals surface area contributed by atoms with E-state index in [1.807, 2.05) is 6.26 Å². The van der Waals surface area contributed by atoms with Crippen LogP contribution in [0.15, 0.2) is 24.3 Å². The van der Waals surface area contributed by atoms with Crippen molar-refractivity contribution in [1.29, 1.82) is 0 Å². The van der Waals surface area contributed by atoms with Crippen LogP contribution in [-0.4, -0.2) is 35.2 Å². The first kappa shape index (κ1) is 16.3. The molecule has 7 heteroatoms. The second-order valence-corrected chi connectivity index (χ2v) is 5.11. The molecule has 3 N–H and O–H groups in total. The Labute approximate surface area is 120 Å². The van der Waals surface area contributed by atoms with Gasteiger partial charge in [-0.25, -0.2) is 9.18 Å². The van der Waals surface area contributed by atoms with Gasteiger partial charge < -0.3 is 15.7 Å². The number of thioether (sulfide) groups is 1. The number of amides is 2. The Morgan fingerprint density at radius 1 is 1.35 bits per heavy atom. The van der Waals surface area contributed by atoms with Gasteiger partial charge in [-0.05, 0) is 36.1 Å². The highest BCUT2D eigenvalue weighted by atomic mass is 32.2. The van der Waals surface area contributed by atoms with Gasteiger partial charge in [-0.1, -0.05) is 12.1 Å². The second kappa shape index (κ2) is 8.42. The highest BCUT2D eigenvalue weighted by Crippen LogP contribution is 2.04. The molecule has 0 saturated heterocycles. The van der Waals surface area contributed by atoms with Gasteiger partial charge in [-0.3, -0.25) is 4.79 Å². The molecule has 0 aliphatic carbocycles.